The lowest BCUT2D eigenvalue weighted by Crippen LogP contribution is -2.37. The first-order chi connectivity index (χ1) is 15.8. The Balaban J connectivity index is 1.53. The molecule has 0 saturated carbocycles. The van der Waals surface area contributed by atoms with Crippen molar-refractivity contribution in [1.82, 2.24) is 18.7 Å². The van der Waals surface area contributed by atoms with Crippen LogP contribution in [0.5, 0.6) is 0 Å². The molecular formula is C24H26N6O3. The van der Waals surface area contributed by atoms with Gasteiger partial charge in [0.25, 0.3) is 5.56 Å². The molecule has 4 rings (SSSR count). The largest absolute Gasteiger partial charge is 0.339 e. The summed E-state index contributed by atoms with van der Waals surface area (Å²) in [5, 5.41) is 2.86. The second-order valence-electron chi connectivity index (χ2n) is 8.14. The smallest absolute Gasteiger partial charge is 0.332 e. The number of carbonyl (C=O) groups is 1. The summed E-state index contributed by atoms with van der Waals surface area (Å²) in [6.07, 6.45) is 1.40. The molecule has 2 heterocycles. The Morgan fingerprint density at radius 3 is 2.24 bits per heavy atom. The summed E-state index contributed by atoms with van der Waals surface area (Å²) in [4.78, 5) is 43.7. The molecule has 0 spiro atoms. The maximum atomic E-state index is 12.7. The van der Waals surface area contributed by atoms with Crippen LogP contribution in [0.3, 0.4) is 0 Å². The maximum Gasteiger partial charge on any atom is 0.332 e. The minimum atomic E-state index is -0.488. The van der Waals surface area contributed by atoms with Gasteiger partial charge < -0.3 is 14.8 Å². The summed E-state index contributed by atoms with van der Waals surface area (Å²) in [5.41, 5.74) is 2.25. The van der Waals surface area contributed by atoms with E-state index in [0.29, 0.717) is 5.69 Å². The molecule has 33 heavy (non-hydrogen) atoms. The van der Waals surface area contributed by atoms with Gasteiger partial charge in [-0.15, -0.1) is 0 Å². The van der Waals surface area contributed by atoms with Crippen molar-refractivity contribution in [3.05, 3.63) is 81.8 Å². The molecule has 9 heteroatoms. The quantitative estimate of drug-likeness (QED) is 0.491. The van der Waals surface area contributed by atoms with Gasteiger partial charge in [0.15, 0.2) is 11.2 Å². The number of para-hydroxylation sites is 1. The molecule has 0 bridgehead atoms. The van der Waals surface area contributed by atoms with Gasteiger partial charge in [0.05, 0.1) is 6.33 Å². The Morgan fingerprint density at radius 1 is 0.970 bits per heavy atom. The van der Waals surface area contributed by atoms with Crippen molar-refractivity contribution in [3.63, 3.8) is 0 Å². The Morgan fingerprint density at radius 2 is 1.61 bits per heavy atom. The Labute approximate surface area is 190 Å². The van der Waals surface area contributed by atoms with Crippen LogP contribution in [-0.2, 0) is 25.4 Å². The number of fused-ring (bicyclic) bond motifs is 1. The lowest BCUT2D eigenvalue weighted by atomic mass is 10.2. The Kier molecular flexibility index (Phi) is 5.87. The standard InChI is InChI=1S/C24H26N6O3/c1-16(2)30(18-8-6-5-7-9-18)19-12-10-17(11-13-19)26-20(31)14-29-15-25-22-21(29)23(32)28(4)24(33)27(22)3/h5-13,15-16H,14H2,1-4H3,(H,26,31). The summed E-state index contributed by atoms with van der Waals surface area (Å²) in [5.74, 6) is -0.304. The summed E-state index contributed by atoms with van der Waals surface area (Å²) in [6, 6.07) is 18.0. The molecule has 0 radical (unpaired) electrons. The fraction of sp³-hybridized carbons (Fsp3) is 0.250. The molecule has 0 fully saturated rings. The van der Waals surface area contributed by atoms with Crippen molar-refractivity contribution >= 4 is 34.1 Å². The zero-order valence-electron chi connectivity index (χ0n) is 19.0. The SMILES string of the molecule is CC(C)N(c1ccccc1)c1ccc(NC(=O)Cn2cnc3c2c(=O)n(C)c(=O)n3C)cc1. The zero-order chi connectivity index (χ0) is 23.7. The first-order valence-electron chi connectivity index (χ1n) is 10.6. The van der Waals surface area contributed by atoms with Crippen LogP contribution in [0.4, 0.5) is 17.1 Å². The van der Waals surface area contributed by atoms with E-state index < -0.39 is 11.2 Å². The molecule has 170 valence electrons. The number of carbonyl (C=O) groups excluding carboxylic acids is 1. The fourth-order valence-electron chi connectivity index (χ4n) is 3.91. The number of amides is 1. The van der Waals surface area contributed by atoms with Crippen LogP contribution in [0, 0.1) is 0 Å². The normalized spacial score (nSPS) is 11.2. The van der Waals surface area contributed by atoms with Gasteiger partial charge in [-0.3, -0.25) is 18.7 Å². The van der Waals surface area contributed by atoms with E-state index in [-0.39, 0.29) is 29.7 Å². The molecule has 1 amide bonds. The summed E-state index contributed by atoms with van der Waals surface area (Å²) >= 11 is 0. The monoisotopic (exact) mass is 446 g/mol. The third kappa shape index (κ3) is 4.17. The Bertz CT molecular complexity index is 1420. The van der Waals surface area contributed by atoms with Gasteiger partial charge in [-0.25, -0.2) is 9.78 Å². The van der Waals surface area contributed by atoms with Gasteiger partial charge >= 0.3 is 5.69 Å². The Hall–Kier alpha value is -4.14. The van der Waals surface area contributed by atoms with Crippen molar-refractivity contribution in [3.8, 4) is 0 Å². The molecule has 0 unspecified atom stereocenters. The minimum Gasteiger partial charge on any atom is -0.339 e. The van der Waals surface area contributed by atoms with Crippen molar-refractivity contribution in [2.45, 2.75) is 26.4 Å². The molecule has 0 aliphatic rings. The highest BCUT2D eigenvalue weighted by molar-refractivity contribution is 5.91. The molecule has 2 aromatic heterocycles. The average molecular weight is 447 g/mol. The van der Waals surface area contributed by atoms with Crippen LogP contribution in [0.1, 0.15) is 13.8 Å². The summed E-state index contributed by atoms with van der Waals surface area (Å²) < 4.78 is 3.75. The predicted molar refractivity (Wildman–Crippen MR) is 129 cm³/mol. The van der Waals surface area contributed by atoms with Gasteiger partial charge in [0.1, 0.15) is 6.54 Å². The second kappa shape index (κ2) is 8.78. The van der Waals surface area contributed by atoms with Crippen molar-refractivity contribution < 1.29 is 4.79 Å². The number of benzene rings is 2. The lowest BCUT2D eigenvalue weighted by Gasteiger charge is -2.29. The highest BCUT2D eigenvalue weighted by atomic mass is 16.2. The maximum absolute atomic E-state index is 12.7. The molecule has 0 atom stereocenters. The number of nitrogens with one attached hydrogen (secondary N) is 1. The van der Waals surface area contributed by atoms with Gasteiger partial charge in [-0.2, -0.15) is 0 Å². The van der Waals surface area contributed by atoms with Gasteiger partial charge in [-0.1, -0.05) is 18.2 Å². The van der Waals surface area contributed by atoms with E-state index >= 15 is 0 Å². The number of nitrogens with zero attached hydrogens (tertiary/aromatic N) is 5. The van der Waals surface area contributed by atoms with Gasteiger partial charge in [0.2, 0.25) is 5.91 Å². The lowest BCUT2D eigenvalue weighted by molar-refractivity contribution is -0.116. The molecule has 0 aliphatic carbocycles. The van der Waals surface area contributed by atoms with E-state index in [1.54, 1.807) is 7.05 Å². The van der Waals surface area contributed by atoms with Gasteiger partial charge in [-0.05, 0) is 50.2 Å². The van der Waals surface area contributed by atoms with Crippen LogP contribution < -0.4 is 21.5 Å². The number of aryl methyl sites for hydroxylation is 1. The van der Waals surface area contributed by atoms with Crippen molar-refractivity contribution in [2.75, 3.05) is 10.2 Å². The topological polar surface area (TPSA) is 94.2 Å². The van der Waals surface area contributed by atoms with Crippen LogP contribution in [0.25, 0.3) is 11.2 Å². The second-order valence-corrected chi connectivity index (χ2v) is 8.14. The fourth-order valence-corrected chi connectivity index (χ4v) is 3.91. The number of anilines is 3. The van der Waals surface area contributed by atoms with Crippen LogP contribution in [0.2, 0.25) is 0 Å². The first kappa shape index (κ1) is 22.1. The van der Waals surface area contributed by atoms with E-state index in [1.165, 1.54) is 22.5 Å². The number of hydrogen-bond acceptors (Lipinski definition) is 5. The van der Waals surface area contributed by atoms with E-state index in [4.69, 9.17) is 0 Å². The molecule has 0 aliphatic heterocycles. The summed E-state index contributed by atoms with van der Waals surface area (Å²) in [7, 11) is 2.94. The molecule has 2 aromatic carbocycles. The number of hydrogen-bond donors (Lipinski definition) is 1. The van der Waals surface area contributed by atoms with E-state index in [2.05, 4.69) is 41.2 Å². The molecule has 0 saturated heterocycles. The molecule has 9 nitrogen and oxygen atoms in total. The number of rotatable bonds is 6. The number of imidazole rings is 1. The number of aromatic nitrogens is 4. The van der Waals surface area contributed by atoms with E-state index in [9.17, 15) is 14.4 Å². The third-order valence-electron chi connectivity index (χ3n) is 5.51. The van der Waals surface area contributed by atoms with Crippen molar-refractivity contribution in [1.29, 1.82) is 0 Å². The summed E-state index contributed by atoms with van der Waals surface area (Å²) in [6.45, 7) is 4.14. The van der Waals surface area contributed by atoms with Crippen LogP contribution in [-0.4, -0.2) is 30.6 Å². The van der Waals surface area contributed by atoms with Crippen LogP contribution >= 0.6 is 0 Å². The van der Waals surface area contributed by atoms with E-state index in [0.717, 1.165) is 15.9 Å². The molecular weight excluding hydrogens is 420 g/mol. The van der Waals surface area contributed by atoms with Crippen LogP contribution in [0.15, 0.2) is 70.5 Å². The molecule has 4 aromatic rings. The predicted octanol–water partition coefficient (Wildman–Crippen LogP) is 2.62. The van der Waals surface area contributed by atoms with E-state index in [1.807, 2.05) is 42.5 Å². The molecule has 1 N–H and O–H groups in total. The minimum absolute atomic E-state index is 0.103. The average Bonchev–Trinajstić information content (AvgIpc) is 3.21. The highest BCUT2D eigenvalue weighted by Gasteiger charge is 2.17. The highest BCUT2D eigenvalue weighted by Crippen LogP contribution is 2.28. The zero-order valence-corrected chi connectivity index (χ0v) is 19.0. The first-order valence-corrected chi connectivity index (χ1v) is 10.6. The van der Waals surface area contributed by atoms with Crippen molar-refractivity contribution in [2.24, 2.45) is 14.1 Å². The third-order valence-corrected chi connectivity index (χ3v) is 5.51. The van der Waals surface area contributed by atoms with Gasteiger partial charge in [0, 0.05) is 37.2 Å².